The quantitative estimate of drug-likeness (QED) is 0.490. The number of thioether (sulfide) groups is 1. The number of ether oxygens (including phenoxy) is 2. The van der Waals surface area contributed by atoms with Gasteiger partial charge in [-0.15, -0.1) is 0 Å². The molecule has 2 amide bonds. The number of aliphatic imine (C=N–C) groups is 1. The zero-order valence-electron chi connectivity index (χ0n) is 19.8. The molecular weight excluding hydrogens is 481 g/mol. The van der Waals surface area contributed by atoms with E-state index < -0.39 is 5.25 Å². The van der Waals surface area contributed by atoms with Crippen molar-refractivity contribution in [3.05, 3.63) is 83.2 Å². The van der Waals surface area contributed by atoms with Crippen LogP contribution in [-0.2, 0) is 16.1 Å². The van der Waals surface area contributed by atoms with Crippen LogP contribution in [0.2, 0.25) is 0 Å². The van der Waals surface area contributed by atoms with E-state index in [2.05, 4.69) is 10.3 Å². The zero-order chi connectivity index (χ0) is 25.2. The second-order valence-electron chi connectivity index (χ2n) is 8.61. The number of nitrogens with one attached hydrogen (secondary N) is 1. The molecule has 1 fully saturated rings. The number of hydrogen-bond donors (Lipinski definition) is 1. The molecule has 2 aliphatic rings. The summed E-state index contributed by atoms with van der Waals surface area (Å²) in [6, 6.07) is 17.0. The second-order valence-corrected chi connectivity index (χ2v) is 9.78. The molecule has 1 saturated heterocycles. The summed E-state index contributed by atoms with van der Waals surface area (Å²) in [5, 5.41) is 2.77. The number of carbonyl (C=O) groups is 2. The SMILES string of the molecule is Cc1cccc(C)c1NC(=O)C[C@H]1SC(=Nc2ccc(F)cc2)N(Cc2ccc3c(c2)OCO3)C1=O. The minimum Gasteiger partial charge on any atom is -0.454 e. The van der Waals surface area contributed by atoms with Crippen molar-refractivity contribution in [2.24, 2.45) is 4.99 Å². The van der Waals surface area contributed by atoms with Crippen LogP contribution >= 0.6 is 11.8 Å². The first-order chi connectivity index (χ1) is 17.4. The number of hydrogen-bond acceptors (Lipinski definition) is 6. The van der Waals surface area contributed by atoms with Gasteiger partial charge in [-0.3, -0.25) is 14.5 Å². The highest BCUT2D eigenvalue weighted by atomic mass is 32.2. The molecule has 2 heterocycles. The number of fused-ring (bicyclic) bond motifs is 1. The Kier molecular flexibility index (Phi) is 6.65. The summed E-state index contributed by atoms with van der Waals surface area (Å²) in [5.74, 6) is 0.447. The fourth-order valence-electron chi connectivity index (χ4n) is 4.09. The lowest BCUT2D eigenvalue weighted by atomic mass is 10.1. The number of amides is 2. The lowest BCUT2D eigenvalue weighted by molar-refractivity contribution is -0.128. The maximum atomic E-state index is 13.4. The van der Waals surface area contributed by atoms with E-state index in [1.165, 1.54) is 23.9 Å². The van der Waals surface area contributed by atoms with Gasteiger partial charge in [-0.25, -0.2) is 9.38 Å². The maximum Gasteiger partial charge on any atom is 0.242 e. The average molecular weight is 506 g/mol. The molecule has 9 heteroatoms. The molecule has 0 radical (unpaired) electrons. The third-order valence-electron chi connectivity index (χ3n) is 5.97. The summed E-state index contributed by atoms with van der Waals surface area (Å²) < 4.78 is 24.2. The normalized spacial score (nSPS) is 17.6. The van der Waals surface area contributed by atoms with Gasteiger partial charge >= 0.3 is 0 Å². The van der Waals surface area contributed by atoms with E-state index in [-0.39, 0.29) is 37.4 Å². The van der Waals surface area contributed by atoms with E-state index in [0.717, 1.165) is 22.4 Å². The molecule has 1 N–H and O–H groups in total. The van der Waals surface area contributed by atoms with Gasteiger partial charge in [0.1, 0.15) is 11.1 Å². The number of rotatable bonds is 6. The highest BCUT2D eigenvalue weighted by molar-refractivity contribution is 8.15. The molecule has 184 valence electrons. The lowest BCUT2D eigenvalue weighted by Gasteiger charge is -2.17. The predicted octanol–water partition coefficient (Wildman–Crippen LogP) is 5.33. The topological polar surface area (TPSA) is 80.2 Å². The average Bonchev–Trinajstić information content (AvgIpc) is 3.43. The summed E-state index contributed by atoms with van der Waals surface area (Å²) >= 11 is 1.23. The molecule has 1 atom stereocenters. The van der Waals surface area contributed by atoms with Crippen LogP contribution < -0.4 is 14.8 Å². The van der Waals surface area contributed by atoms with E-state index in [1.807, 2.05) is 44.2 Å². The first-order valence-corrected chi connectivity index (χ1v) is 12.3. The van der Waals surface area contributed by atoms with Crippen LogP contribution in [0.25, 0.3) is 0 Å². The van der Waals surface area contributed by atoms with Gasteiger partial charge < -0.3 is 14.8 Å². The number of carbonyl (C=O) groups excluding carboxylic acids is 2. The van der Waals surface area contributed by atoms with Gasteiger partial charge in [0.15, 0.2) is 16.7 Å². The standard InChI is InChI=1S/C27H24FN3O4S/c1-16-4-3-5-17(2)25(16)30-24(32)13-23-26(33)31(14-18-6-11-21-22(12-18)35-15-34-21)27(36-23)29-20-9-7-19(28)8-10-20/h3-12,23H,13-15H2,1-2H3,(H,30,32)/t23-/m1/s1. The van der Waals surface area contributed by atoms with E-state index in [1.54, 1.807) is 23.1 Å². The minimum absolute atomic E-state index is 0.00263. The van der Waals surface area contributed by atoms with Crippen LogP contribution in [0.5, 0.6) is 11.5 Å². The Balaban J connectivity index is 1.38. The summed E-state index contributed by atoms with van der Waals surface area (Å²) in [7, 11) is 0. The fourth-order valence-corrected chi connectivity index (χ4v) is 5.25. The molecule has 3 aromatic rings. The fraction of sp³-hybridized carbons (Fsp3) is 0.222. The molecule has 0 aliphatic carbocycles. The van der Waals surface area contributed by atoms with E-state index in [4.69, 9.17) is 9.47 Å². The summed E-state index contributed by atoms with van der Waals surface area (Å²) in [4.78, 5) is 32.5. The number of amidine groups is 1. The lowest BCUT2D eigenvalue weighted by Crippen LogP contribution is -2.33. The summed E-state index contributed by atoms with van der Waals surface area (Å²) in [6.07, 6.45) is -0.00263. The Morgan fingerprint density at radius 3 is 2.56 bits per heavy atom. The van der Waals surface area contributed by atoms with Crippen LogP contribution in [0.1, 0.15) is 23.1 Å². The van der Waals surface area contributed by atoms with Gasteiger partial charge in [0, 0.05) is 12.1 Å². The molecule has 5 rings (SSSR count). The van der Waals surface area contributed by atoms with Crippen LogP contribution in [0.3, 0.4) is 0 Å². The van der Waals surface area contributed by atoms with Gasteiger partial charge in [-0.05, 0) is 66.9 Å². The Hall–Kier alpha value is -3.85. The monoisotopic (exact) mass is 505 g/mol. The van der Waals surface area contributed by atoms with Crippen molar-refractivity contribution in [2.75, 3.05) is 12.1 Å². The molecular formula is C27H24FN3O4S. The van der Waals surface area contributed by atoms with Crippen molar-refractivity contribution in [2.45, 2.75) is 32.1 Å². The van der Waals surface area contributed by atoms with Gasteiger partial charge in [0.2, 0.25) is 18.6 Å². The van der Waals surface area contributed by atoms with Gasteiger partial charge in [-0.1, -0.05) is 36.0 Å². The van der Waals surface area contributed by atoms with Crippen molar-refractivity contribution in [1.82, 2.24) is 4.90 Å². The van der Waals surface area contributed by atoms with Gasteiger partial charge in [0.05, 0.1) is 12.2 Å². The van der Waals surface area contributed by atoms with Crippen molar-refractivity contribution < 1.29 is 23.5 Å². The molecule has 2 aliphatic heterocycles. The van der Waals surface area contributed by atoms with Crippen molar-refractivity contribution in [3.63, 3.8) is 0 Å². The molecule has 36 heavy (non-hydrogen) atoms. The second kappa shape index (κ2) is 10.0. The van der Waals surface area contributed by atoms with Crippen molar-refractivity contribution in [3.8, 4) is 11.5 Å². The minimum atomic E-state index is -0.637. The highest BCUT2D eigenvalue weighted by Gasteiger charge is 2.39. The third kappa shape index (κ3) is 5.06. The number of aryl methyl sites for hydroxylation is 2. The first kappa shape index (κ1) is 23.9. The molecule has 0 aromatic heterocycles. The smallest absolute Gasteiger partial charge is 0.242 e. The summed E-state index contributed by atoms with van der Waals surface area (Å²) in [5.41, 5.74) is 4.02. The molecule has 3 aromatic carbocycles. The summed E-state index contributed by atoms with van der Waals surface area (Å²) in [6.45, 7) is 4.26. The highest BCUT2D eigenvalue weighted by Crippen LogP contribution is 2.36. The van der Waals surface area contributed by atoms with Gasteiger partial charge in [0.25, 0.3) is 0 Å². The predicted molar refractivity (Wildman–Crippen MR) is 137 cm³/mol. The Labute approximate surface area is 212 Å². The molecule has 7 nitrogen and oxygen atoms in total. The van der Waals surface area contributed by atoms with Gasteiger partial charge in [-0.2, -0.15) is 0 Å². The number of anilines is 1. The van der Waals surface area contributed by atoms with E-state index in [0.29, 0.717) is 22.4 Å². The van der Waals surface area contributed by atoms with Crippen LogP contribution in [0.4, 0.5) is 15.8 Å². The molecule has 0 unspecified atom stereocenters. The number of para-hydroxylation sites is 1. The van der Waals surface area contributed by atoms with Crippen LogP contribution in [0, 0.1) is 19.7 Å². The van der Waals surface area contributed by atoms with E-state index >= 15 is 0 Å². The Morgan fingerprint density at radius 2 is 1.81 bits per heavy atom. The van der Waals surface area contributed by atoms with Crippen molar-refractivity contribution in [1.29, 1.82) is 0 Å². The Bertz CT molecular complexity index is 1340. The molecule has 0 bridgehead atoms. The molecule has 0 saturated carbocycles. The third-order valence-corrected chi connectivity index (χ3v) is 7.14. The van der Waals surface area contributed by atoms with Crippen LogP contribution in [0.15, 0.2) is 65.7 Å². The number of halogens is 1. The zero-order valence-corrected chi connectivity index (χ0v) is 20.6. The van der Waals surface area contributed by atoms with E-state index in [9.17, 15) is 14.0 Å². The number of nitrogens with zero attached hydrogens (tertiary/aromatic N) is 2. The largest absolute Gasteiger partial charge is 0.454 e. The van der Waals surface area contributed by atoms with Crippen LogP contribution in [-0.4, -0.2) is 33.9 Å². The number of benzene rings is 3. The Morgan fingerprint density at radius 1 is 1.08 bits per heavy atom. The molecule has 0 spiro atoms. The first-order valence-electron chi connectivity index (χ1n) is 11.4. The van der Waals surface area contributed by atoms with Crippen molar-refractivity contribution >= 4 is 40.1 Å². The maximum absolute atomic E-state index is 13.4.